The molecule has 1 heterocycles. The van der Waals surface area contributed by atoms with Gasteiger partial charge in [-0.1, -0.05) is 0 Å². The van der Waals surface area contributed by atoms with Crippen LogP contribution in [-0.2, 0) is 0 Å². The molecule has 1 aromatic heterocycles. The van der Waals surface area contributed by atoms with E-state index in [1.165, 1.54) is 13.2 Å². The number of benzene rings is 1. The molecular formula is C10H10FNO. The molecule has 2 rings (SSSR count). The topological polar surface area (TPSA) is 39.2 Å². The van der Waals surface area contributed by atoms with Gasteiger partial charge >= 0.3 is 0 Å². The molecule has 0 amide bonds. The lowest BCUT2D eigenvalue weighted by atomic mass is 10.1. The van der Waals surface area contributed by atoms with E-state index in [2.05, 4.69) is 0 Å². The van der Waals surface area contributed by atoms with E-state index in [4.69, 9.17) is 10.2 Å². The summed E-state index contributed by atoms with van der Waals surface area (Å²) in [6, 6.07) is 5.21. The second-order valence-corrected chi connectivity index (χ2v) is 3.06. The predicted octanol–water partition coefficient (Wildman–Crippen LogP) is 3.05. The molecule has 2 nitrogen and oxygen atoms in total. The Morgan fingerprint density at radius 1 is 1.46 bits per heavy atom. The van der Waals surface area contributed by atoms with Gasteiger partial charge < -0.3 is 10.2 Å². The zero-order chi connectivity index (χ0) is 9.42. The van der Waals surface area contributed by atoms with Crippen molar-refractivity contribution in [2.24, 2.45) is 0 Å². The Labute approximate surface area is 75.1 Å². The van der Waals surface area contributed by atoms with Crippen molar-refractivity contribution in [2.45, 2.75) is 13.1 Å². The minimum absolute atomic E-state index is 0.579. The highest BCUT2D eigenvalue weighted by Gasteiger charge is 2.11. The van der Waals surface area contributed by atoms with Gasteiger partial charge in [-0.15, -0.1) is 0 Å². The Kier molecular flexibility index (Phi) is 1.72. The van der Waals surface area contributed by atoms with Gasteiger partial charge in [0.15, 0.2) is 0 Å². The highest BCUT2D eigenvalue weighted by molar-refractivity contribution is 5.84. The Bertz CT molecular complexity index is 433. The molecule has 1 atom stereocenters. The highest BCUT2D eigenvalue weighted by atomic mass is 19.1. The average Bonchev–Trinajstić information content (AvgIpc) is 2.46. The van der Waals surface area contributed by atoms with Crippen LogP contribution in [0.15, 0.2) is 28.9 Å². The maximum atomic E-state index is 13.0. The molecule has 1 unspecified atom stereocenters. The van der Waals surface area contributed by atoms with Crippen LogP contribution in [0.2, 0.25) is 0 Å². The number of hydrogen-bond acceptors (Lipinski definition) is 2. The number of nitrogen functional groups attached to an aromatic ring is 1. The molecule has 0 bridgehead atoms. The van der Waals surface area contributed by atoms with Crippen molar-refractivity contribution in [3.05, 3.63) is 30.0 Å². The van der Waals surface area contributed by atoms with Gasteiger partial charge in [-0.25, -0.2) is 4.39 Å². The Hall–Kier alpha value is -1.51. The number of rotatable bonds is 1. The number of hydrogen-bond donors (Lipinski definition) is 1. The third-order valence-electron chi connectivity index (χ3n) is 2.06. The van der Waals surface area contributed by atoms with Crippen molar-refractivity contribution in [1.29, 1.82) is 0 Å². The van der Waals surface area contributed by atoms with Gasteiger partial charge in [0, 0.05) is 22.7 Å². The number of anilines is 1. The third kappa shape index (κ3) is 1.26. The fourth-order valence-corrected chi connectivity index (χ4v) is 1.37. The highest BCUT2D eigenvalue weighted by Crippen LogP contribution is 2.29. The summed E-state index contributed by atoms with van der Waals surface area (Å²) in [5.74, 6) is 0. The van der Waals surface area contributed by atoms with Crippen LogP contribution in [0, 0.1) is 0 Å². The van der Waals surface area contributed by atoms with Gasteiger partial charge in [-0.05, 0) is 19.1 Å². The molecule has 68 valence electrons. The molecule has 0 saturated carbocycles. The van der Waals surface area contributed by atoms with E-state index in [0.717, 1.165) is 5.39 Å². The molecule has 0 spiro atoms. The summed E-state index contributed by atoms with van der Waals surface area (Å²) in [4.78, 5) is 0. The number of furan rings is 1. The Morgan fingerprint density at radius 2 is 2.23 bits per heavy atom. The van der Waals surface area contributed by atoms with Crippen LogP contribution in [0.5, 0.6) is 0 Å². The molecule has 0 fully saturated rings. The first-order valence-corrected chi connectivity index (χ1v) is 4.09. The van der Waals surface area contributed by atoms with Gasteiger partial charge in [-0.2, -0.15) is 0 Å². The van der Waals surface area contributed by atoms with E-state index in [1.807, 2.05) is 0 Å². The quantitative estimate of drug-likeness (QED) is 0.683. The Balaban J connectivity index is 2.69. The molecular weight excluding hydrogens is 169 g/mol. The van der Waals surface area contributed by atoms with Crippen LogP contribution >= 0.6 is 0 Å². The summed E-state index contributed by atoms with van der Waals surface area (Å²) in [7, 11) is 0. The molecule has 2 aromatic rings. The van der Waals surface area contributed by atoms with Crippen molar-refractivity contribution >= 4 is 16.7 Å². The first-order valence-electron chi connectivity index (χ1n) is 4.09. The number of fused-ring (bicyclic) bond motifs is 1. The molecule has 13 heavy (non-hydrogen) atoms. The van der Waals surface area contributed by atoms with E-state index in [1.54, 1.807) is 18.2 Å². The maximum absolute atomic E-state index is 13.0. The fraction of sp³-hybridized carbons (Fsp3) is 0.200. The van der Waals surface area contributed by atoms with Crippen molar-refractivity contribution in [3.63, 3.8) is 0 Å². The van der Waals surface area contributed by atoms with Crippen LogP contribution in [-0.4, -0.2) is 0 Å². The lowest BCUT2D eigenvalue weighted by Crippen LogP contribution is -1.84. The van der Waals surface area contributed by atoms with Crippen LogP contribution in [0.4, 0.5) is 10.1 Å². The van der Waals surface area contributed by atoms with Crippen LogP contribution in [0.1, 0.15) is 18.7 Å². The Morgan fingerprint density at radius 3 is 2.92 bits per heavy atom. The van der Waals surface area contributed by atoms with E-state index >= 15 is 0 Å². The first-order chi connectivity index (χ1) is 6.18. The first kappa shape index (κ1) is 8.10. The van der Waals surface area contributed by atoms with Crippen molar-refractivity contribution in [1.82, 2.24) is 0 Å². The summed E-state index contributed by atoms with van der Waals surface area (Å²) < 4.78 is 18.2. The lowest BCUT2D eigenvalue weighted by Gasteiger charge is -1.97. The summed E-state index contributed by atoms with van der Waals surface area (Å²) in [5.41, 5.74) is 7.40. The van der Waals surface area contributed by atoms with Crippen molar-refractivity contribution in [3.8, 4) is 0 Å². The predicted molar refractivity (Wildman–Crippen MR) is 50.1 cm³/mol. The average molecular weight is 179 g/mol. The van der Waals surface area contributed by atoms with E-state index in [9.17, 15) is 4.39 Å². The standard InChI is InChI=1S/C10H10FNO/c1-6(11)9-5-13-10-4-7(12)2-3-8(9)10/h2-6H,12H2,1H3. The number of nitrogens with two attached hydrogens (primary N) is 1. The van der Waals surface area contributed by atoms with Crippen molar-refractivity contribution < 1.29 is 8.81 Å². The second kappa shape index (κ2) is 2.76. The fourth-order valence-electron chi connectivity index (χ4n) is 1.37. The smallest absolute Gasteiger partial charge is 0.136 e. The van der Waals surface area contributed by atoms with Gasteiger partial charge in [0.25, 0.3) is 0 Å². The molecule has 3 heteroatoms. The molecule has 0 aliphatic carbocycles. The number of alkyl halides is 1. The molecule has 0 aliphatic heterocycles. The summed E-state index contributed by atoms with van der Waals surface area (Å²) in [6.45, 7) is 1.49. The van der Waals surface area contributed by atoms with Gasteiger partial charge in [-0.3, -0.25) is 0 Å². The van der Waals surface area contributed by atoms with Gasteiger partial charge in [0.1, 0.15) is 11.8 Å². The molecule has 2 N–H and O–H groups in total. The minimum Gasteiger partial charge on any atom is -0.464 e. The zero-order valence-corrected chi connectivity index (χ0v) is 7.25. The lowest BCUT2D eigenvalue weighted by molar-refractivity contribution is 0.373. The third-order valence-corrected chi connectivity index (χ3v) is 2.06. The van der Waals surface area contributed by atoms with Gasteiger partial charge in [0.05, 0.1) is 6.26 Å². The zero-order valence-electron chi connectivity index (χ0n) is 7.25. The second-order valence-electron chi connectivity index (χ2n) is 3.06. The largest absolute Gasteiger partial charge is 0.464 e. The van der Waals surface area contributed by atoms with E-state index in [0.29, 0.717) is 16.8 Å². The number of halogens is 1. The van der Waals surface area contributed by atoms with Crippen LogP contribution in [0.25, 0.3) is 11.0 Å². The maximum Gasteiger partial charge on any atom is 0.136 e. The minimum atomic E-state index is -1.01. The van der Waals surface area contributed by atoms with Crippen LogP contribution < -0.4 is 5.73 Å². The summed E-state index contributed by atoms with van der Waals surface area (Å²) >= 11 is 0. The van der Waals surface area contributed by atoms with Gasteiger partial charge in [0.2, 0.25) is 0 Å². The molecule has 1 aromatic carbocycles. The SMILES string of the molecule is CC(F)c1coc2cc(N)ccc12. The van der Waals surface area contributed by atoms with Crippen LogP contribution in [0.3, 0.4) is 0 Å². The normalized spacial score (nSPS) is 13.4. The van der Waals surface area contributed by atoms with Crippen molar-refractivity contribution in [2.75, 3.05) is 5.73 Å². The summed E-state index contributed by atoms with van der Waals surface area (Å²) in [6.07, 6.45) is 0.430. The molecule has 0 radical (unpaired) electrons. The monoisotopic (exact) mass is 179 g/mol. The van der Waals surface area contributed by atoms with E-state index in [-0.39, 0.29) is 0 Å². The summed E-state index contributed by atoms with van der Waals surface area (Å²) in [5, 5.41) is 0.796. The van der Waals surface area contributed by atoms with E-state index < -0.39 is 6.17 Å². The molecule has 0 aliphatic rings. The molecule has 0 saturated heterocycles.